The summed E-state index contributed by atoms with van der Waals surface area (Å²) < 4.78 is 4.98. The number of aromatic nitrogens is 1. The average molecular weight is 255 g/mol. The van der Waals surface area contributed by atoms with E-state index in [0.29, 0.717) is 5.56 Å². The molecule has 0 aliphatic heterocycles. The Labute approximate surface area is 105 Å². The highest BCUT2D eigenvalue weighted by molar-refractivity contribution is 7.99. The Morgan fingerprint density at radius 3 is 3.06 bits per heavy atom. The first kappa shape index (κ1) is 13.8. The van der Waals surface area contributed by atoms with E-state index in [0.717, 1.165) is 29.4 Å². The summed E-state index contributed by atoms with van der Waals surface area (Å²) in [5.41, 5.74) is 7.30. The van der Waals surface area contributed by atoms with Crippen LogP contribution in [0.4, 0.5) is 0 Å². The minimum absolute atomic E-state index is 0.102. The molecule has 0 amide bonds. The van der Waals surface area contributed by atoms with E-state index < -0.39 is 0 Å². The molecule has 0 aliphatic carbocycles. The van der Waals surface area contributed by atoms with E-state index in [4.69, 9.17) is 15.7 Å². The van der Waals surface area contributed by atoms with Crippen LogP contribution < -0.4 is 5.73 Å². The maximum Gasteiger partial charge on any atom is 0.173 e. The molecule has 1 aromatic rings. The van der Waals surface area contributed by atoms with Crippen LogP contribution in [0.2, 0.25) is 0 Å². The Morgan fingerprint density at radius 2 is 2.41 bits per heavy atom. The maximum absolute atomic E-state index is 8.75. The number of amidine groups is 1. The van der Waals surface area contributed by atoms with Crippen LogP contribution in [0.3, 0.4) is 0 Å². The number of oxime groups is 1. The summed E-state index contributed by atoms with van der Waals surface area (Å²) in [5, 5.41) is 12.6. The molecule has 0 unspecified atom stereocenters. The van der Waals surface area contributed by atoms with Gasteiger partial charge in [-0.1, -0.05) is 5.16 Å². The quantitative estimate of drug-likeness (QED) is 0.202. The lowest BCUT2D eigenvalue weighted by Gasteiger charge is -2.09. The first-order chi connectivity index (χ1) is 8.20. The minimum atomic E-state index is 0.102. The molecule has 0 saturated carbocycles. The number of pyridine rings is 1. The molecule has 3 N–H and O–H groups in total. The monoisotopic (exact) mass is 255 g/mol. The van der Waals surface area contributed by atoms with Crippen LogP contribution >= 0.6 is 11.8 Å². The highest BCUT2D eigenvalue weighted by atomic mass is 32.2. The Balaban J connectivity index is 2.80. The van der Waals surface area contributed by atoms with E-state index in [-0.39, 0.29) is 5.84 Å². The molecule has 1 heterocycles. The van der Waals surface area contributed by atoms with Crippen molar-refractivity contribution in [1.29, 1.82) is 0 Å². The van der Waals surface area contributed by atoms with Gasteiger partial charge in [-0.05, 0) is 25.0 Å². The summed E-state index contributed by atoms with van der Waals surface area (Å²) >= 11 is 1.58. The molecule has 0 aliphatic rings. The van der Waals surface area contributed by atoms with Gasteiger partial charge in [-0.3, -0.25) is 0 Å². The fourth-order valence-corrected chi connectivity index (χ4v) is 2.38. The topological polar surface area (TPSA) is 80.7 Å². The lowest BCUT2D eigenvalue weighted by molar-refractivity contribution is 0.200. The molecular formula is C11H17N3O2S. The van der Waals surface area contributed by atoms with Gasteiger partial charge in [0, 0.05) is 25.7 Å². The molecule has 0 bridgehead atoms. The van der Waals surface area contributed by atoms with Crippen LogP contribution in [-0.2, 0) is 4.74 Å². The van der Waals surface area contributed by atoms with Crippen LogP contribution in [0.15, 0.2) is 22.4 Å². The van der Waals surface area contributed by atoms with Crippen molar-refractivity contribution >= 4 is 17.6 Å². The zero-order valence-electron chi connectivity index (χ0n) is 10.0. The van der Waals surface area contributed by atoms with Crippen molar-refractivity contribution < 1.29 is 9.94 Å². The Morgan fingerprint density at radius 1 is 1.65 bits per heavy atom. The van der Waals surface area contributed by atoms with Crippen LogP contribution in [0.5, 0.6) is 0 Å². The number of rotatable bonds is 6. The van der Waals surface area contributed by atoms with Gasteiger partial charge in [0.25, 0.3) is 0 Å². The molecule has 0 atom stereocenters. The molecule has 1 rings (SSSR count). The number of hydrogen-bond acceptors (Lipinski definition) is 5. The van der Waals surface area contributed by atoms with Crippen molar-refractivity contribution in [2.24, 2.45) is 10.9 Å². The summed E-state index contributed by atoms with van der Waals surface area (Å²) in [4.78, 5) is 4.26. The Hall–Kier alpha value is -1.27. The van der Waals surface area contributed by atoms with Gasteiger partial charge in [0.2, 0.25) is 0 Å². The van der Waals surface area contributed by atoms with Crippen LogP contribution in [0, 0.1) is 6.92 Å². The average Bonchev–Trinajstić information content (AvgIpc) is 2.34. The van der Waals surface area contributed by atoms with E-state index in [2.05, 4.69) is 10.1 Å². The second kappa shape index (κ2) is 7.13. The van der Waals surface area contributed by atoms with E-state index in [1.807, 2.05) is 13.0 Å². The highest BCUT2D eigenvalue weighted by Gasteiger charge is 2.11. The van der Waals surface area contributed by atoms with Gasteiger partial charge in [0.15, 0.2) is 5.84 Å². The molecule has 17 heavy (non-hydrogen) atoms. The van der Waals surface area contributed by atoms with Crippen molar-refractivity contribution in [1.82, 2.24) is 4.98 Å². The van der Waals surface area contributed by atoms with Gasteiger partial charge in [0.05, 0.1) is 5.56 Å². The molecule has 0 saturated heterocycles. The number of nitrogens with two attached hydrogens (primary N) is 1. The summed E-state index contributed by atoms with van der Waals surface area (Å²) in [5.74, 6) is 0.987. The maximum atomic E-state index is 8.75. The van der Waals surface area contributed by atoms with Gasteiger partial charge >= 0.3 is 0 Å². The molecule has 5 nitrogen and oxygen atoms in total. The summed E-state index contributed by atoms with van der Waals surface area (Å²) in [6.45, 7) is 2.63. The van der Waals surface area contributed by atoms with Crippen molar-refractivity contribution in [3.05, 3.63) is 23.4 Å². The number of aryl methyl sites for hydroxylation is 1. The third-order valence-electron chi connectivity index (χ3n) is 2.22. The summed E-state index contributed by atoms with van der Waals surface area (Å²) in [6.07, 6.45) is 2.66. The third-order valence-corrected chi connectivity index (χ3v) is 3.30. The zero-order valence-corrected chi connectivity index (χ0v) is 10.8. The summed E-state index contributed by atoms with van der Waals surface area (Å²) in [6, 6.07) is 1.84. The molecular weight excluding hydrogens is 238 g/mol. The number of ether oxygens (including phenoxy) is 1. The first-order valence-corrected chi connectivity index (χ1v) is 6.24. The fourth-order valence-electron chi connectivity index (χ4n) is 1.38. The molecule has 6 heteroatoms. The number of hydrogen-bond donors (Lipinski definition) is 2. The Bertz CT molecular complexity index is 396. The lowest BCUT2D eigenvalue weighted by Crippen LogP contribution is -2.16. The van der Waals surface area contributed by atoms with Gasteiger partial charge < -0.3 is 15.7 Å². The van der Waals surface area contributed by atoms with Crippen LogP contribution in [-0.4, -0.2) is 35.5 Å². The largest absolute Gasteiger partial charge is 0.409 e. The van der Waals surface area contributed by atoms with Crippen LogP contribution in [0.25, 0.3) is 0 Å². The van der Waals surface area contributed by atoms with Crippen molar-refractivity contribution in [2.75, 3.05) is 19.5 Å². The van der Waals surface area contributed by atoms with Crippen molar-refractivity contribution in [2.45, 2.75) is 18.4 Å². The van der Waals surface area contributed by atoms with Gasteiger partial charge in [-0.15, -0.1) is 11.8 Å². The van der Waals surface area contributed by atoms with Gasteiger partial charge in [-0.25, -0.2) is 4.98 Å². The molecule has 0 spiro atoms. The minimum Gasteiger partial charge on any atom is -0.409 e. The number of thioether (sulfide) groups is 1. The number of methoxy groups -OCH3 is 1. The molecule has 1 aromatic heterocycles. The third kappa shape index (κ3) is 3.90. The standard InChI is InChI=1S/C11H17N3O2S/c1-8-4-5-13-11(9(8)10(12)14-15)17-7-3-6-16-2/h4-5,15H,3,6-7H2,1-2H3,(H2,12,14). The lowest BCUT2D eigenvalue weighted by atomic mass is 10.1. The fraction of sp³-hybridized carbons (Fsp3) is 0.455. The zero-order chi connectivity index (χ0) is 12.7. The SMILES string of the molecule is COCCCSc1nccc(C)c1/C(N)=N/O. The predicted octanol–water partition coefficient (Wildman–Crippen LogP) is 1.61. The second-order valence-electron chi connectivity index (χ2n) is 3.49. The molecule has 0 fully saturated rings. The molecule has 0 radical (unpaired) electrons. The van der Waals surface area contributed by atoms with Crippen LogP contribution in [0.1, 0.15) is 17.5 Å². The van der Waals surface area contributed by atoms with E-state index in [1.54, 1.807) is 25.1 Å². The predicted molar refractivity (Wildman–Crippen MR) is 68.7 cm³/mol. The normalized spacial score (nSPS) is 11.8. The van der Waals surface area contributed by atoms with E-state index in [1.165, 1.54) is 0 Å². The van der Waals surface area contributed by atoms with Gasteiger partial charge in [-0.2, -0.15) is 0 Å². The highest BCUT2D eigenvalue weighted by Crippen LogP contribution is 2.23. The molecule has 0 aromatic carbocycles. The smallest absolute Gasteiger partial charge is 0.173 e. The Kier molecular flexibility index (Phi) is 5.79. The van der Waals surface area contributed by atoms with E-state index in [9.17, 15) is 0 Å². The number of nitrogens with zero attached hydrogens (tertiary/aromatic N) is 2. The van der Waals surface area contributed by atoms with E-state index >= 15 is 0 Å². The van der Waals surface area contributed by atoms with Crippen molar-refractivity contribution in [3.63, 3.8) is 0 Å². The molecule has 94 valence electrons. The van der Waals surface area contributed by atoms with Gasteiger partial charge in [0.1, 0.15) is 5.03 Å². The second-order valence-corrected chi connectivity index (χ2v) is 4.57. The van der Waals surface area contributed by atoms with Crippen molar-refractivity contribution in [3.8, 4) is 0 Å². The first-order valence-electron chi connectivity index (χ1n) is 5.26. The summed E-state index contributed by atoms with van der Waals surface area (Å²) in [7, 11) is 1.68.